The van der Waals surface area contributed by atoms with Crippen molar-refractivity contribution >= 4 is 33.3 Å². The molecule has 20 heavy (non-hydrogen) atoms. The second kappa shape index (κ2) is 6.19. The monoisotopic (exact) mass is 331 g/mol. The summed E-state index contributed by atoms with van der Waals surface area (Å²) >= 11 is 3.30. The minimum Gasteiger partial charge on any atom is -0.305 e. The molecule has 2 aromatic carbocycles. The first-order valence-corrected chi connectivity index (χ1v) is 6.46. The number of hydrogen-bond donors (Lipinski definition) is 2. The van der Waals surface area contributed by atoms with Gasteiger partial charge in [-0.15, -0.1) is 0 Å². The van der Waals surface area contributed by atoms with E-state index in [-0.39, 0.29) is 5.69 Å². The minimum absolute atomic E-state index is 0.272. The summed E-state index contributed by atoms with van der Waals surface area (Å²) in [4.78, 5) is 11.9. The molecule has 0 unspecified atom stereocenters. The number of rotatable bonds is 2. The molecular weight excluding hydrogens is 322 g/mol. The predicted octanol–water partition coefficient (Wildman–Crippen LogP) is 3.75. The van der Waals surface area contributed by atoms with Gasteiger partial charge in [0.05, 0.1) is 23.0 Å². The number of carbonyl (C=O) groups is 1. The van der Waals surface area contributed by atoms with Crippen LogP contribution >= 0.6 is 15.9 Å². The molecule has 0 spiro atoms. The largest absolute Gasteiger partial charge is 0.350 e. The molecule has 0 atom stereocenters. The molecule has 0 aliphatic heterocycles. The van der Waals surface area contributed by atoms with Crippen LogP contribution in [0, 0.1) is 11.3 Å². The van der Waals surface area contributed by atoms with Crippen molar-refractivity contribution in [2.45, 2.75) is 0 Å². The Kier molecular flexibility index (Phi) is 4.35. The lowest BCUT2D eigenvalue weighted by Gasteiger charge is -2.16. The summed E-state index contributed by atoms with van der Waals surface area (Å²) in [5.74, 6) is 0. The Morgan fingerprint density at radius 3 is 2.45 bits per heavy atom. The van der Waals surface area contributed by atoms with Gasteiger partial charge in [-0.2, -0.15) is 10.3 Å². The molecule has 0 aromatic heterocycles. The fraction of sp³-hybridized carbons (Fsp3) is 0. The topological polar surface area (TPSA) is 76.4 Å². The summed E-state index contributed by atoms with van der Waals surface area (Å²) in [5, 5.41) is 21.6. The van der Waals surface area contributed by atoms with Crippen LogP contribution in [-0.4, -0.2) is 11.2 Å². The van der Waals surface area contributed by atoms with E-state index in [0.717, 1.165) is 0 Å². The van der Waals surface area contributed by atoms with Crippen LogP contribution < -0.4 is 10.4 Å². The van der Waals surface area contributed by atoms with Gasteiger partial charge in [-0.3, -0.25) is 5.21 Å². The first-order chi connectivity index (χ1) is 9.61. The zero-order valence-corrected chi connectivity index (χ0v) is 11.8. The first kappa shape index (κ1) is 14.1. The van der Waals surface area contributed by atoms with Crippen molar-refractivity contribution in [2.24, 2.45) is 0 Å². The average molecular weight is 332 g/mol. The van der Waals surface area contributed by atoms with Crippen molar-refractivity contribution in [1.29, 1.82) is 5.26 Å². The van der Waals surface area contributed by atoms with Crippen LogP contribution in [0.2, 0.25) is 0 Å². The molecule has 2 aromatic rings. The first-order valence-electron chi connectivity index (χ1n) is 5.66. The van der Waals surface area contributed by atoms with Crippen molar-refractivity contribution in [3.05, 3.63) is 58.6 Å². The van der Waals surface area contributed by atoms with E-state index >= 15 is 0 Å². The van der Waals surface area contributed by atoms with Crippen LogP contribution in [0.15, 0.2) is 53.0 Å². The van der Waals surface area contributed by atoms with Crippen LogP contribution in [0.4, 0.5) is 16.2 Å². The summed E-state index contributed by atoms with van der Waals surface area (Å²) in [7, 11) is 0. The number of urea groups is 1. The number of anilines is 2. The molecule has 2 amide bonds. The molecule has 0 fully saturated rings. The number of hydrogen-bond acceptors (Lipinski definition) is 3. The molecule has 2 rings (SSSR count). The van der Waals surface area contributed by atoms with E-state index in [4.69, 9.17) is 5.26 Å². The smallest absolute Gasteiger partial charge is 0.305 e. The van der Waals surface area contributed by atoms with Gasteiger partial charge in [0.1, 0.15) is 0 Å². The van der Waals surface area contributed by atoms with Crippen molar-refractivity contribution in [1.82, 2.24) is 0 Å². The van der Waals surface area contributed by atoms with E-state index in [2.05, 4.69) is 21.2 Å². The molecule has 2 N–H and O–H groups in total. The van der Waals surface area contributed by atoms with Crippen LogP contribution in [-0.2, 0) is 0 Å². The van der Waals surface area contributed by atoms with E-state index in [0.29, 0.717) is 20.8 Å². The van der Waals surface area contributed by atoms with Gasteiger partial charge in [0.25, 0.3) is 0 Å². The fourth-order valence-electron chi connectivity index (χ4n) is 1.53. The summed E-state index contributed by atoms with van der Waals surface area (Å²) in [6.45, 7) is 0. The predicted molar refractivity (Wildman–Crippen MR) is 78.6 cm³/mol. The Morgan fingerprint density at radius 2 is 1.85 bits per heavy atom. The fourth-order valence-corrected chi connectivity index (χ4v) is 1.91. The number of amides is 2. The van der Waals surface area contributed by atoms with Gasteiger partial charge in [0.2, 0.25) is 0 Å². The van der Waals surface area contributed by atoms with Gasteiger partial charge in [-0.1, -0.05) is 12.1 Å². The average Bonchev–Trinajstić information content (AvgIpc) is 2.49. The summed E-state index contributed by atoms with van der Waals surface area (Å²) in [6, 6.07) is 14.3. The van der Waals surface area contributed by atoms with Crippen LogP contribution in [0.5, 0.6) is 0 Å². The molecular formula is C14H10BrN3O2. The standard InChI is InChI=1S/C14H10BrN3O2/c15-12-3-1-2-4-13(12)17-14(19)18(20)11-7-5-10(9-16)6-8-11/h1-8,20H,(H,17,19). The van der Waals surface area contributed by atoms with Crippen molar-refractivity contribution in [2.75, 3.05) is 10.4 Å². The maximum Gasteiger partial charge on any atom is 0.350 e. The second-order valence-electron chi connectivity index (χ2n) is 3.88. The van der Waals surface area contributed by atoms with Crippen molar-refractivity contribution in [3.63, 3.8) is 0 Å². The molecule has 0 aliphatic carbocycles. The number of halogens is 1. The molecule has 0 bridgehead atoms. The van der Waals surface area contributed by atoms with E-state index in [1.54, 1.807) is 18.2 Å². The van der Waals surface area contributed by atoms with Crippen molar-refractivity contribution < 1.29 is 10.0 Å². The summed E-state index contributed by atoms with van der Waals surface area (Å²) < 4.78 is 0.710. The Labute approximate surface area is 124 Å². The molecule has 0 saturated heterocycles. The van der Waals surface area contributed by atoms with Crippen LogP contribution in [0.25, 0.3) is 0 Å². The zero-order chi connectivity index (χ0) is 14.5. The lowest BCUT2D eigenvalue weighted by atomic mass is 10.2. The van der Waals surface area contributed by atoms with E-state index in [9.17, 15) is 10.0 Å². The Bertz CT molecular complexity index is 665. The third-order valence-electron chi connectivity index (χ3n) is 2.55. The summed E-state index contributed by atoms with van der Waals surface area (Å²) in [6.07, 6.45) is 0. The number of carbonyl (C=O) groups excluding carboxylic acids is 1. The third-order valence-corrected chi connectivity index (χ3v) is 3.24. The Morgan fingerprint density at radius 1 is 1.20 bits per heavy atom. The SMILES string of the molecule is N#Cc1ccc(N(O)C(=O)Nc2ccccc2Br)cc1. The number of nitrogens with one attached hydrogen (secondary N) is 1. The quantitative estimate of drug-likeness (QED) is 0.649. The number of benzene rings is 2. The normalized spacial score (nSPS) is 9.65. The lowest BCUT2D eigenvalue weighted by Crippen LogP contribution is -2.31. The molecule has 0 saturated carbocycles. The van der Waals surface area contributed by atoms with Gasteiger partial charge in [-0.05, 0) is 52.3 Å². The molecule has 100 valence electrons. The second-order valence-corrected chi connectivity index (χ2v) is 4.73. The Hall–Kier alpha value is -2.36. The van der Waals surface area contributed by atoms with Gasteiger partial charge in [0.15, 0.2) is 0 Å². The van der Waals surface area contributed by atoms with Crippen molar-refractivity contribution in [3.8, 4) is 6.07 Å². The molecule has 0 aliphatic rings. The number of hydroxylamine groups is 1. The van der Waals surface area contributed by atoms with Gasteiger partial charge >= 0.3 is 6.03 Å². The van der Waals surface area contributed by atoms with Gasteiger partial charge in [0, 0.05) is 4.47 Å². The maximum absolute atomic E-state index is 11.9. The summed E-state index contributed by atoms with van der Waals surface area (Å²) in [5.41, 5.74) is 1.27. The molecule has 0 heterocycles. The Balaban J connectivity index is 2.12. The highest BCUT2D eigenvalue weighted by Gasteiger charge is 2.14. The number of nitriles is 1. The van der Waals surface area contributed by atoms with Crippen LogP contribution in [0.1, 0.15) is 5.56 Å². The third kappa shape index (κ3) is 3.15. The van der Waals surface area contributed by atoms with E-state index in [1.165, 1.54) is 24.3 Å². The molecule has 0 radical (unpaired) electrons. The zero-order valence-electron chi connectivity index (χ0n) is 10.2. The molecule has 5 nitrogen and oxygen atoms in total. The minimum atomic E-state index is -0.693. The van der Waals surface area contributed by atoms with E-state index in [1.807, 2.05) is 12.1 Å². The molecule has 6 heteroatoms. The maximum atomic E-state index is 11.9. The number of para-hydroxylation sites is 1. The van der Waals surface area contributed by atoms with Gasteiger partial charge in [-0.25, -0.2) is 4.79 Å². The van der Waals surface area contributed by atoms with E-state index < -0.39 is 6.03 Å². The van der Waals surface area contributed by atoms with Gasteiger partial charge < -0.3 is 5.32 Å². The lowest BCUT2D eigenvalue weighted by molar-refractivity contribution is 0.216. The van der Waals surface area contributed by atoms with Crippen LogP contribution in [0.3, 0.4) is 0 Å². The highest BCUT2D eigenvalue weighted by Crippen LogP contribution is 2.22. The highest BCUT2D eigenvalue weighted by molar-refractivity contribution is 9.10. The number of nitrogens with zero attached hydrogens (tertiary/aromatic N) is 2. The highest BCUT2D eigenvalue weighted by atomic mass is 79.9.